The van der Waals surface area contributed by atoms with Crippen LogP contribution in [0.3, 0.4) is 0 Å². The summed E-state index contributed by atoms with van der Waals surface area (Å²) in [5.41, 5.74) is 0.335. The van der Waals surface area contributed by atoms with Gasteiger partial charge in [0, 0.05) is 36.5 Å². The maximum Gasteiger partial charge on any atom is 0.412 e. The summed E-state index contributed by atoms with van der Waals surface area (Å²) >= 11 is 0. The number of hydrogen-bond donors (Lipinski definition) is 2. The van der Waals surface area contributed by atoms with Crippen molar-refractivity contribution in [3.8, 4) is 0 Å². The molecule has 0 bridgehead atoms. The van der Waals surface area contributed by atoms with Crippen molar-refractivity contribution in [1.82, 2.24) is 10.2 Å². The molecular formula is C16H18F3N3O2. The first-order valence-electron chi connectivity index (χ1n) is 7.51. The quantitative estimate of drug-likeness (QED) is 0.830. The highest BCUT2D eigenvalue weighted by Gasteiger charge is 2.35. The fourth-order valence-electron chi connectivity index (χ4n) is 2.28. The second-order valence-electron chi connectivity index (χ2n) is 5.29. The summed E-state index contributed by atoms with van der Waals surface area (Å²) in [7, 11) is 0. The first kappa shape index (κ1) is 17.8. The molecule has 1 aliphatic rings. The molecule has 2 N–H and O–H groups in total. The number of nitrogens with zero attached hydrogens (tertiary/aromatic N) is 1. The Balaban J connectivity index is 1.94. The van der Waals surface area contributed by atoms with Crippen LogP contribution in [0.4, 0.5) is 23.7 Å². The second-order valence-corrected chi connectivity index (χ2v) is 5.29. The molecule has 0 aliphatic carbocycles. The van der Waals surface area contributed by atoms with E-state index < -0.39 is 17.8 Å². The molecule has 0 unspecified atom stereocenters. The SMILES string of the molecule is CCNC(=O)c1ccc(NC(=O)N2CC=C(C(F)(F)F)CC2)cc1. The number of urea groups is 1. The zero-order valence-corrected chi connectivity index (χ0v) is 13.1. The van der Waals surface area contributed by atoms with Crippen LogP contribution < -0.4 is 10.6 Å². The summed E-state index contributed by atoms with van der Waals surface area (Å²) in [4.78, 5) is 25.0. The van der Waals surface area contributed by atoms with Crippen LogP contribution in [0.1, 0.15) is 23.7 Å². The van der Waals surface area contributed by atoms with E-state index in [1.54, 1.807) is 24.3 Å². The molecule has 5 nitrogen and oxygen atoms in total. The van der Waals surface area contributed by atoms with Crippen LogP contribution in [-0.2, 0) is 0 Å². The van der Waals surface area contributed by atoms with Gasteiger partial charge < -0.3 is 15.5 Å². The molecule has 0 atom stereocenters. The Bertz CT molecular complexity index is 639. The highest BCUT2D eigenvalue weighted by Crippen LogP contribution is 2.30. The predicted octanol–water partition coefficient (Wildman–Crippen LogP) is 3.16. The van der Waals surface area contributed by atoms with E-state index in [1.807, 2.05) is 6.92 Å². The van der Waals surface area contributed by atoms with E-state index in [2.05, 4.69) is 10.6 Å². The van der Waals surface area contributed by atoms with E-state index in [0.717, 1.165) is 6.08 Å². The van der Waals surface area contributed by atoms with Gasteiger partial charge in [-0.15, -0.1) is 0 Å². The van der Waals surface area contributed by atoms with Crippen molar-refractivity contribution in [2.75, 3.05) is 25.0 Å². The largest absolute Gasteiger partial charge is 0.412 e. The first-order chi connectivity index (χ1) is 11.3. The molecular weight excluding hydrogens is 323 g/mol. The van der Waals surface area contributed by atoms with Crippen molar-refractivity contribution in [3.63, 3.8) is 0 Å². The molecule has 1 heterocycles. The lowest BCUT2D eigenvalue weighted by molar-refractivity contribution is -0.0956. The van der Waals surface area contributed by atoms with Crippen molar-refractivity contribution in [1.29, 1.82) is 0 Å². The van der Waals surface area contributed by atoms with Crippen molar-refractivity contribution < 1.29 is 22.8 Å². The molecule has 0 saturated carbocycles. The standard InChI is InChI=1S/C16H18F3N3O2/c1-2-20-14(23)11-3-5-13(6-4-11)21-15(24)22-9-7-12(8-10-22)16(17,18)19/h3-7H,2,8-10H2,1H3,(H,20,23)(H,21,24). The van der Waals surface area contributed by atoms with E-state index in [0.29, 0.717) is 17.8 Å². The second kappa shape index (κ2) is 7.37. The summed E-state index contributed by atoms with van der Waals surface area (Å²) in [6.45, 7) is 2.25. The Morgan fingerprint density at radius 1 is 1.21 bits per heavy atom. The molecule has 0 saturated heterocycles. The molecule has 0 aromatic heterocycles. The average Bonchev–Trinajstić information content (AvgIpc) is 2.55. The van der Waals surface area contributed by atoms with Gasteiger partial charge in [0.2, 0.25) is 0 Å². The van der Waals surface area contributed by atoms with Gasteiger partial charge in [0.05, 0.1) is 0 Å². The summed E-state index contributed by atoms with van der Waals surface area (Å²) in [6.07, 6.45) is -3.52. The third-order valence-corrected chi connectivity index (χ3v) is 3.60. The maximum absolute atomic E-state index is 12.6. The minimum atomic E-state index is -4.34. The van der Waals surface area contributed by atoms with Gasteiger partial charge in [0.15, 0.2) is 0 Å². The van der Waals surface area contributed by atoms with Crippen LogP contribution in [0.15, 0.2) is 35.9 Å². The number of benzene rings is 1. The number of carbonyl (C=O) groups excluding carboxylic acids is 2. The minimum Gasteiger partial charge on any atom is -0.352 e. The zero-order valence-electron chi connectivity index (χ0n) is 13.1. The van der Waals surface area contributed by atoms with Crippen LogP contribution >= 0.6 is 0 Å². The number of alkyl halides is 3. The zero-order chi connectivity index (χ0) is 17.7. The lowest BCUT2D eigenvalue weighted by atomic mass is 10.1. The molecule has 0 spiro atoms. The van der Waals surface area contributed by atoms with Crippen molar-refractivity contribution in [3.05, 3.63) is 41.5 Å². The minimum absolute atomic E-state index is 0.00810. The van der Waals surface area contributed by atoms with Gasteiger partial charge in [-0.25, -0.2) is 4.79 Å². The number of halogens is 3. The predicted molar refractivity (Wildman–Crippen MR) is 83.8 cm³/mol. The van der Waals surface area contributed by atoms with Crippen LogP contribution in [0.25, 0.3) is 0 Å². The Hall–Kier alpha value is -2.51. The molecule has 0 radical (unpaired) electrons. The number of nitrogens with one attached hydrogen (secondary N) is 2. The average molecular weight is 341 g/mol. The molecule has 1 aromatic carbocycles. The molecule has 0 fully saturated rings. The molecule has 8 heteroatoms. The van der Waals surface area contributed by atoms with Gasteiger partial charge in [0.1, 0.15) is 0 Å². The van der Waals surface area contributed by atoms with Crippen molar-refractivity contribution in [2.45, 2.75) is 19.5 Å². The highest BCUT2D eigenvalue weighted by molar-refractivity contribution is 5.95. The fourth-order valence-corrected chi connectivity index (χ4v) is 2.28. The van der Waals surface area contributed by atoms with Gasteiger partial charge in [-0.1, -0.05) is 6.08 Å². The third kappa shape index (κ3) is 4.50. The molecule has 1 aliphatic heterocycles. The molecule has 24 heavy (non-hydrogen) atoms. The number of anilines is 1. The van der Waals surface area contributed by atoms with E-state index in [9.17, 15) is 22.8 Å². The molecule has 130 valence electrons. The topological polar surface area (TPSA) is 61.4 Å². The lowest BCUT2D eigenvalue weighted by Gasteiger charge is -2.27. The van der Waals surface area contributed by atoms with E-state index in [-0.39, 0.29) is 25.4 Å². The number of hydrogen-bond acceptors (Lipinski definition) is 2. The highest BCUT2D eigenvalue weighted by atomic mass is 19.4. The van der Waals surface area contributed by atoms with Crippen LogP contribution in [0.5, 0.6) is 0 Å². The van der Waals surface area contributed by atoms with Crippen LogP contribution in [-0.4, -0.2) is 42.6 Å². The number of rotatable bonds is 3. The third-order valence-electron chi connectivity index (χ3n) is 3.60. The monoisotopic (exact) mass is 341 g/mol. The van der Waals surface area contributed by atoms with Crippen LogP contribution in [0, 0.1) is 0 Å². The molecule has 2 rings (SSSR count). The van der Waals surface area contributed by atoms with E-state index in [1.165, 1.54) is 4.90 Å². The van der Waals surface area contributed by atoms with Crippen LogP contribution in [0.2, 0.25) is 0 Å². The van der Waals surface area contributed by atoms with Gasteiger partial charge in [-0.05, 0) is 37.6 Å². The van der Waals surface area contributed by atoms with E-state index in [4.69, 9.17) is 0 Å². The number of amides is 3. The van der Waals surface area contributed by atoms with Crippen molar-refractivity contribution in [2.24, 2.45) is 0 Å². The Labute approximate surface area is 137 Å². The summed E-state index contributed by atoms with van der Waals surface area (Å²) < 4.78 is 37.7. The summed E-state index contributed by atoms with van der Waals surface area (Å²) in [5.74, 6) is -0.212. The van der Waals surface area contributed by atoms with Crippen molar-refractivity contribution >= 4 is 17.6 Å². The number of carbonyl (C=O) groups is 2. The maximum atomic E-state index is 12.6. The summed E-state index contributed by atoms with van der Waals surface area (Å²) in [5, 5.41) is 5.27. The van der Waals surface area contributed by atoms with Gasteiger partial charge in [-0.3, -0.25) is 4.79 Å². The molecule has 3 amide bonds. The van der Waals surface area contributed by atoms with Gasteiger partial charge in [-0.2, -0.15) is 13.2 Å². The Morgan fingerprint density at radius 3 is 2.38 bits per heavy atom. The fraction of sp³-hybridized carbons (Fsp3) is 0.375. The normalized spacial score (nSPS) is 14.8. The Kier molecular flexibility index (Phi) is 5.48. The smallest absolute Gasteiger partial charge is 0.352 e. The van der Waals surface area contributed by atoms with Gasteiger partial charge >= 0.3 is 12.2 Å². The van der Waals surface area contributed by atoms with Gasteiger partial charge in [0.25, 0.3) is 5.91 Å². The van der Waals surface area contributed by atoms with E-state index >= 15 is 0 Å². The summed E-state index contributed by atoms with van der Waals surface area (Å²) in [6, 6.07) is 5.81. The lowest BCUT2D eigenvalue weighted by Crippen LogP contribution is -2.39. The Morgan fingerprint density at radius 2 is 1.88 bits per heavy atom. The first-order valence-corrected chi connectivity index (χ1v) is 7.51. The molecule has 1 aromatic rings.